The van der Waals surface area contributed by atoms with E-state index in [0.717, 1.165) is 28.4 Å². The maximum absolute atomic E-state index is 13.7. The minimum absolute atomic E-state index is 0.159. The van der Waals surface area contributed by atoms with Crippen LogP contribution in [0.4, 0.5) is 5.69 Å². The predicted octanol–water partition coefficient (Wildman–Crippen LogP) is 6.24. The predicted molar refractivity (Wildman–Crippen MR) is 154 cm³/mol. The van der Waals surface area contributed by atoms with Crippen LogP contribution in [0.3, 0.4) is 0 Å². The summed E-state index contributed by atoms with van der Waals surface area (Å²) < 4.78 is 13.8. The van der Waals surface area contributed by atoms with Gasteiger partial charge in [-0.25, -0.2) is 0 Å². The van der Waals surface area contributed by atoms with Crippen molar-refractivity contribution in [2.24, 2.45) is 0 Å². The summed E-state index contributed by atoms with van der Waals surface area (Å²) in [6, 6.07) is 17.7. The minimum atomic E-state index is -1.36. The SMILES string of the molecule is CCOc1cc([C@@H]2[C@@H]3CCCN3[C@]3(C(=O)Nc4ccccc43)[C@@H]2[N+](=O)[O-])cc(Br)c1OCc1ccc(Br)cc1. The van der Waals surface area contributed by atoms with Gasteiger partial charge >= 0.3 is 0 Å². The van der Waals surface area contributed by atoms with Crippen molar-refractivity contribution >= 4 is 43.5 Å². The average molecular weight is 657 g/mol. The summed E-state index contributed by atoms with van der Waals surface area (Å²) in [6.07, 6.45) is 1.65. The standard InChI is InChI=1S/C29H27Br2N3O5/c1-2-38-24-15-18(14-21(31)26(24)39-16-17-9-11-19(30)12-10-17)25-23-8-5-13-33(23)29(27(25)34(36)37)20-6-3-4-7-22(20)32-28(29)35/h3-4,6-7,9-12,14-15,23,25,27H,2,5,8,13,16H2,1H3,(H,32,35)/t23-,25+,27+,29-/m0/s1. The van der Waals surface area contributed by atoms with Crippen molar-refractivity contribution in [1.82, 2.24) is 4.90 Å². The highest BCUT2D eigenvalue weighted by molar-refractivity contribution is 9.10. The van der Waals surface area contributed by atoms with Gasteiger partial charge in [0.15, 0.2) is 17.0 Å². The molecule has 1 spiro atoms. The highest BCUT2D eigenvalue weighted by atomic mass is 79.9. The lowest BCUT2D eigenvalue weighted by atomic mass is 9.77. The van der Waals surface area contributed by atoms with Gasteiger partial charge in [-0.15, -0.1) is 0 Å². The van der Waals surface area contributed by atoms with Crippen LogP contribution in [0.25, 0.3) is 0 Å². The van der Waals surface area contributed by atoms with Gasteiger partial charge < -0.3 is 14.8 Å². The van der Waals surface area contributed by atoms with Crippen molar-refractivity contribution in [1.29, 1.82) is 0 Å². The molecule has 202 valence electrons. The molecule has 3 heterocycles. The normalized spacial score (nSPS) is 25.4. The molecule has 1 amide bonds. The number of para-hydroxylation sites is 1. The molecule has 2 fully saturated rings. The number of fused-ring (bicyclic) bond motifs is 4. The van der Waals surface area contributed by atoms with Crippen LogP contribution in [0.15, 0.2) is 69.6 Å². The van der Waals surface area contributed by atoms with Crippen LogP contribution in [0.2, 0.25) is 0 Å². The number of amides is 1. The first-order chi connectivity index (χ1) is 18.9. The summed E-state index contributed by atoms with van der Waals surface area (Å²) in [5, 5.41) is 15.9. The zero-order valence-electron chi connectivity index (χ0n) is 21.2. The number of halogens is 2. The smallest absolute Gasteiger partial charge is 0.256 e. The highest BCUT2D eigenvalue weighted by Crippen LogP contribution is 2.58. The van der Waals surface area contributed by atoms with Crippen LogP contribution in [0.5, 0.6) is 11.5 Å². The van der Waals surface area contributed by atoms with E-state index >= 15 is 0 Å². The second kappa shape index (κ2) is 10.2. The molecule has 4 atom stereocenters. The molecular weight excluding hydrogens is 630 g/mol. The van der Waals surface area contributed by atoms with Crippen LogP contribution in [-0.2, 0) is 16.9 Å². The molecule has 6 rings (SSSR count). The average Bonchev–Trinajstić information content (AvgIpc) is 3.57. The number of anilines is 1. The number of ether oxygens (including phenoxy) is 2. The van der Waals surface area contributed by atoms with Gasteiger partial charge in [0.05, 0.1) is 17.0 Å². The molecular formula is C29H27Br2N3O5. The first-order valence-corrected chi connectivity index (χ1v) is 14.6. The third kappa shape index (κ3) is 4.15. The molecule has 3 aliphatic heterocycles. The summed E-state index contributed by atoms with van der Waals surface area (Å²) in [6.45, 7) is 3.26. The van der Waals surface area contributed by atoms with Gasteiger partial charge in [-0.2, -0.15) is 0 Å². The zero-order valence-corrected chi connectivity index (χ0v) is 24.4. The fourth-order valence-corrected chi connectivity index (χ4v) is 7.53. The molecule has 0 unspecified atom stereocenters. The number of nitro groups is 1. The van der Waals surface area contributed by atoms with Crippen LogP contribution in [0, 0.1) is 10.1 Å². The molecule has 0 aromatic heterocycles. The van der Waals surface area contributed by atoms with Gasteiger partial charge in [-0.1, -0.05) is 46.3 Å². The highest BCUT2D eigenvalue weighted by Gasteiger charge is 2.73. The Morgan fingerprint density at radius 2 is 1.90 bits per heavy atom. The van der Waals surface area contributed by atoms with Gasteiger partial charge in [-0.05, 0) is 77.2 Å². The number of carbonyl (C=O) groups excluding carboxylic acids is 1. The Bertz CT molecular complexity index is 1450. The quantitative estimate of drug-likeness (QED) is 0.239. The number of hydrogen-bond donors (Lipinski definition) is 1. The molecule has 10 heteroatoms. The second-order valence-corrected chi connectivity index (χ2v) is 11.9. The van der Waals surface area contributed by atoms with Crippen molar-refractivity contribution in [2.75, 3.05) is 18.5 Å². The van der Waals surface area contributed by atoms with E-state index in [1.165, 1.54) is 0 Å². The first-order valence-electron chi connectivity index (χ1n) is 13.0. The Kier molecular flexibility index (Phi) is 6.89. The van der Waals surface area contributed by atoms with E-state index < -0.39 is 17.5 Å². The molecule has 39 heavy (non-hydrogen) atoms. The number of nitrogens with zero attached hydrogens (tertiary/aromatic N) is 2. The van der Waals surface area contributed by atoms with Crippen molar-refractivity contribution in [2.45, 2.75) is 49.9 Å². The minimum Gasteiger partial charge on any atom is -0.490 e. The Balaban J connectivity index is 1.43. The number of benzene rings is 3. The molecule has 0 saturated carbocycles. The molecule has 3 aromatic carbocycles. The molecule has 8 nitrogen and oxygen atoms in total. The van der Waals surface area contributed by atoms with E-state index in [9.17, 15) is 14.9 Å². The molecule has 2 saturated heterocycles. The van der Waals surface area contributed by atoms with Crippen LogP contribution in [0.1, 0.15) is 42.4 Å². The van der Waals surface area contributed by atoms with Crippen LogP contribution < -0.4 is 14.8 Å². The van der Waals surface area contributed by atoms with E-state index in [0.29, 0.717) is 47.0 Å². The van der Waals surface area contributed by atoms with E-state index in [1.54, 1.807) is 0 Å². The number of nitrogens with one attached hydrogen (secondary N) is 1. The maximum atomic E-state index is 13.7. The topological polar surface area (TPSA) is 93.9 Å². The van der Waals surface area contributed by atoms with Crippen LogP contribution in [-0.4, -0.2) is 41.0 Å². The second-order valence-electron chi connectivity index (χ2n) is 10.1. The molecule has 3 aromatic rings. The lowest BCUT2D eigenvalue weighted by Gasteiger charge is -2.32. The Hall–Kier alpha value is -2.95. The van der Waals surface area contributed by atoms with Crippen molar-refractivity contribution < 1.29 is 19.2 Å². The van der Waals surface area contributed by atoms with E-state index in [1.807, 2.05) is 67.6 Å². The molecule has 3 aliphatic rings. The fourth-order valence-electron chi connectivity index (χ4n) is 6.69. The maximum Gasteiger partial charge on any atom is 0.256 e. The summed E-state index contributed by atoms with van der Waals surface area (Å²) in [7, 11) is 0. The van der Waals surface area contributed by atoms with E-state index in [-0.39, 0.29) is 16.9 Å². The summed E-state index contributed by atoms with van der Waals surface area (Å²) in [5.74, 6) is 0.220. The fraction of sp³-hybridized carbons (Fsp3) is 0.345. The molecule has 0 aliphatic carbocycles. The number of hydrogen-bond acceptors (Lipinski definition) is 6. The largest absolute Gasteiger partial charge is 0.490 e. The Morgan fingerprint density at radius 3 is 2.64 bits per heavy atom. The number of carbonyl (C=O) groups is 1. The number of rotatable bonds is 7. The molecule has 1 N–H and O–H groups in total. The van der Waals surface area contributed by atoms with Crippen molar-refractivity contribution in [3.63, 3.8) is 0 Å². The monoisotopic (exact) mass is 655 g/mol. The lowest BCUT2D eigenvalue weighted by molar-refractivity contribution is -0.534. The van der Waals surface area contributed by atoms with Crippen LogP contribution >= 0.6 is 31.9 Å². The van der Waals surface area contributed by atoms with Gasteiger partial charge in [-0.3, -0.25) is 19.8 Å². The Labute approximate surface area is 243 Å². The van der Waals surface area contributed by atoms with E-state index in [2.05, 4.69) is 42.1 Å². The third-order valence-corrected chi connectivity index (χ3v) is 9.22. The summed E-state index contributed by atoms with van der Waals surface area (Å²) in [4.78, 5) is 28.4. The van der Waals surface area contributed by atoms with Gasteiger partial charge in [0.1, 0.15) is 6.61 Å². The summed E-state index contributed by atoms with van der Waals surface area (Å²) >= 11 is 7.12. The molecule has 0 bridgehead atoms. The van der Waals surface area contributed by atoms with Crippen molar-refractivity contribution in [3.05, 3.63) is 96.4 Å². The van der Waals surface area contributed by atoms with E-state index in [4.69, 9.17) is 9.47 Å². The molecule has 0 radical (unpaired) electrons. The Morgan fingerprint density at radius 1 is 1.13 bits per heavy atom. The van der Waals surface area contributed by atoms with Gasteiger partial charge in [0, 0.05) is 33.2 Å². The summed E-state index contributed by atoms with van der Waals surface area (Å²) in [5.41, 5.74) is 1.73. The first kappa shape index (κ1) is 26.3. The zero-order chi connectivity index (χ0) is 27.3. The third-order valence-electron chi connectivity index (χ3n) is 8.11. The van der Waals surface area contributed by atoms with Gasteiger partial charge in [0.25, 0.3) is 11.9 Å². The lowest BCUT2D eigenvalue weighted by Crippen LogP contribution is -2.55. The van der Waals surface area contributed by atoms with Crippen molar-refractivity contribution in [3.8, 4) is 11.5 Å². The van der Waals surface area contributed by atoms with Gasteiger partial charge in [0.2, 0.25) is 0 Å².